The maximum absolute atomic E-state index is 13.5. The lowest BCUT2D eigenvalue weighted by atomic mass is 9.98. The number of carbonyl (C=O) groups is 3. The molecule has 1 unspecified atom stereocenters. The summed E-state index contributed by atoms with van der Waals surface area (Å²) in [4.78, 5) is 42.2. The number of thiophene rings is 1. The Balaban J connectivity index is 0.960. The lowest BCUT2D eigenvalue weighted by Crippen LogP contribution is -2.57. The molecule has 1 aliphatic heterocycles. The van der Waals surface area contributed by atoms with Gasteiger partial charge >= 0.3 is 12.2 Å². The summed E-state index contributed by atoms with van der Waals surface area (Å²) in [6.07, 6.45) is 7.56. The molecule has 2 aromatic carbocycles. The number of aryl methyl sites for hydroxylation is 1. The molecule has 10 nitrogen and oxygen atoms in total. The number of carbonyl (C=O) groups excluding carboxylic acids is 3. The van der Waals surface area contributed by atoms with Gasteiger partial charge in [0.15, 0.2) is 0 Å². The SMILES string of the molecule is Cc1ccc(NC2CN(C(=O)OC(C)OC(=O)OC3CCCCC3)C2)cc1C(=O)N[C@H](C)c1cccc(-c2ccc(CNC3CCCC3)s2)c1. The first-order chi connectivity index (χ1) is 24.2. The van der Waals surface area contributed by atoms with Gasteiger partial charge in [0, 0.05) is 53.6 Å². The van der Waals surface area contributed by atoms with Gasteiger partial charge in [-0.05, 0) is 99.4 Å². The van der Waals surface area contributed by atoms with Crippen LogP contribution < -0.4 is 16.0 Å². The molecule has 3 fully saturated rings. The molecule has 3 aromatic rings. The van der Waals surface area contributed by atoms with E-state index in [1.807, 2.05) is 43.4 Å². The van der Waals surface area contributed by atoms with Crippen molar-refractivity contribution in [3.8, 4) is 10.4 Å². The quantitative estimate of drug-likeness (QED) is 0.127. The third kappa shape index (κ3) is 9.57. The maximum atomic E-state index is 13.5. The molecular formula is C39H50N4O6S. The van der Waals surface area contributed by atoms with Gasteiger partial charge in [-0.25, -0.2) is 9.59 Å². The molecule has 268 valence electrons. The van der Waals surface area contributed by atoms with Crippen LogP contribution in [-0.4, -0.2) is 60.6 Å². The molecule has 2 atom stereocenters. The van der Waals surface area contributed by atoms with Crippen LogP contribution in [0.15, 0.2) is 54.6 Å². The minimum absolute atomic E-state index is 0.00780. The van der Waals surface area contributed by atoms with Crippen LogP contribution in [0.2, 0.25) is 0 Å². The van der Waals surface area contributed by atoms with Crippen molar-refractivity contribution in [3.63, 3.8) is 0 Å². The van der Waals surface area contributed by atoms with Crippen molar-refractivity contribution in [1.82, 2.24) is 15.5 Å². The van der Waals surface area contributed by atoms with E-state index < -0.39 is 18.5 Å². The highest BCUT2D eigenvalue weighted by Crippen LogP contribution is 2.31. The molecular weight excluding hydrogens is 653 g/mol. The Bertz CT molecular complexity index is 1630. The smallest absolute Gasteiger partial charge is 0.431 e. The van der Waals surface area contributed by atoms with Gasteiger partial charge in [-0.2, -0.15) is 0 Å². The average molecular weight is 703 g/mol. The van der Waals surface area contributed by atoms with Crippen molar-refractivity contribution in [3.05, 3.63) is 76.2 Å². The number of benzene rings is 2. The van der Waals surface area contributed by atoms with Gasteiger partial charge in [-0.3, -0.25) is 4.79 Å². The van der Waals surface area contributed by atoms with Crippen LogP contribution in [0.3, 0.4) is 0 Å². The normalized spacial score (nSPS) is 18.2. The first-order valence-electron chi connectivity index (χ1n) is 18.1. The molecule has 0 radical (unpaired) electrons. The highest BCUT2D eigenvalue weighted by molar-refractivity contribution is 7.15. The number of hydrogen-bond acceptors (Lipinski definition) is 9. The van der Waals surface area contributed by atoms with Crippen molar-refractivity contribution >= 4 is 35.2 Å². The third-order valence-corrected chi connectivity index (χ3v) is 11.1. The number of rotatable bonds is 12. The standard InChI is InChI=1S/C39H50N4O6S/c1-25-16-17-31(42-32-23-43(24-32)38(45)47-27(3)48-39(46)49-33-14-5-4-6-15-33)21-35(25)37(44)41-26(2)28-10-9-11-29(20-28)36-19-18-34(50-36)22-40-30-12-7-8-13-30/h9-11,16-21,26-27,30,32-33,40,42H,4-8,12-15,22-24H2,1-3H3,(H,41,44)/t26-,27?/m1/s1. The fraction of sp³-hybridized carbons (Fsp3) is 0.513. The van der Waals surface area contributed by atoms with E-state index in [9.17, 15) is 14.4 Å². The highest BCUT2D eigenvalue weighted by Gasteiger charge is 2.33. The minimum Gasteiger partial charge on any atom is -0.431 e. The number of nitrogens with one attached hydrogen (secondary N) is 3. The molecule has 6 rings (SSSR count). The zero-order valence-corrected chi connectivity index (χ0v) is 30.2. The summed E-state index contributed by atoms with van der Waals surface area (Å²) in [5.41, 5.74) is 4.47. The Morgan fingerprint density at radius 2 is 1.64 bits per heavy atom. The second-order valence-corrected chi connectivity index (χ2v) is 15.1. The van der Waals surface area contributed by atoms with Crippen molar-refractivity contribution in [2.45, 2.75) is 116 Å². The molecule has 0 spiro atoms. The van der Waals surface area contributed by atoms with Gasteiger partial charge < -0.3 is 35.1 Å². The molecule has 3 N–H and O–H groups in total. The van der Waals surface area contributed by atoms with Crippen LogP contribution in [0.1, 0.15) is 104 Å². The van der Waals surface area contributed by atoms with Crippen molar-refractivity contribution in [2.24, 2.45) is 0 Å². The summed E-state index contributed by atoms with van der Waals surface area (Å²) < 4.78 is 15.8. The maximum Gasteiger partial charge on any atom is 0.511 e. The predicted octanol–water partition coefficient (Wildman–Crippen LogP) is 8.31. The van der Waals surface area contributed by atoms with Gasteiger partial charge in [0.05, 0.1) is 12.1 Å². The number of amides is 2. The van der Waals surface area contributed by atoms with Crippen molar-refractivity contribution < 1.29 is 28.6 Å². The lowest BCUT2D eigenvalue weighted by Gasteiger charge is -2.39. The van der Waals surface area contributed by atoms with Crippen LogP contribution >= 0.6 is 11.3 Å². The van der Waals surface area contributed by atoms with E-state index in [1.165, 1.54) is 47.3 Å². The first kappa shape index (κ1) is 35.7. The average Bonchev–Trinajstić information content (AvgIpc) is 3.79. The molecule has 0 bridgehead atoms. The van der Waals surface area contributed by atoms with Crippen molar-refractivity contribution in [2.75, 3.05) is 18.4 Å². The highest BCUT2D eigenvalue weighted by atomic mass is 32.1. The molecule has 3 aliphatic rings. The van der Waals surface area contributed by atoms with Crippen LogP contribution in [0.4, 0.5) is 15.3 Å². The number of nitrogens with zero attached hydrogens (tertiary/aromatic N) is 1. The summed E-state index contributed by atoms with van der Waals surface area (Å²) in [6.45, 7) is 7.19. The Hall–Kier alpha value is -4.09. The fourth-order valence-corrected chi connectivity index (χ4v) is 7.91. The van der Waals surface area contributed by atoms with E-state index in [-0.39, 0.29) is 24.1 Å². The fourth-order valence-electron chi connectivity index (χ4n) is 6.96. The Kier molecular flexibility index (Phi) is 12.0. The summed E-state index contributed by atoms with van der Waals surface area (Å²) in [6, 6.07) is 19.0. The second-order valence-electron chi connectivity index (χ2n) is 13.9. The van der Waals surface area contributed by atoms with E-state index in [0.29, 0.717) is 24.7 Å². The van der Waals surface area contributed by atoms with E-state index in [1.54, 1.807) is 0 Å². The van der Waals surface area contributed by atoms with E-state index in [4.69, 9.17) is 14.2 Å². The zero-order chi connectivity index (χ0) is 35.0. The molecule has 1 saturated heterocycles. The van der Waals surface area contributed by atoms with Gasteiger partial charge in [0.1, 0.15) is 6.10 Å². The van der Waals surface area contributed by atoms with Crippen LogP contribution in [0, 0.1) is 6.92 Å². The largest absolute Gasteiger partial charge is 0.511 e. The Labute approximate surface area is 299 Å². The third-order valence-electron chi connectivity index (χ3n) is 9.94. The molecule has 2 saturated carbocycles. The monoisotopic (exact) mass is 702 g/mol. The number of likely N-dealkylation sites (tertiary alicyclic amines) is 1. The second kappa shape index (κ2) is 16.7. The van der Waals surface area contributed by atoms with E-state index >= 15 is 0 Å². The lowest BCUT2D eigenvalue weighted by molar-refractivity contribution is -0.0955. The van der Waals surface area contributed by atoms with Gasteiger partial charge in [-0.1, -0.05) is 43.5 Å². The number of ether oxygens (including phenoxy) is 3. The van der Waals surface area contributed by atoms with Crippen LogP contribution in [-0.2, 0) is 20.8 Å². The topological polar surface area (TPSA) is 118 Å². The molecule has 1 aromatic heterocycles. The summed E-state index contributed by atoms with van der Waals surface area (Å²) in [5, 5.41) is 10.3. The molecule has 2 amide bonds. The molecule has 2 heterocycles. The van der Waals surface area contributed by atoms with Gasteiger partial charge in [0.25, 0.3) is 5.91 Å². The summed E-state index contributed by atoms with van der Waals surface area (Å²) >= 11 is 1.82. The summed E-state index contributed by atoms with van der Waals surface area (Å²) in [7, 11) is 0. The van der Waals surface area contributed by atoms with Gasteiger partial charge in [-0.15, -0.1) is 11.3 Å². The molecule has 50 heavy (non-hydrogen) atoms. The van der Waals surface area contributed by atoms with Crippen molar-refractivity contribution in [1.29, 1.82) is 0 Å². The van der Waals surface area contributed by atoms with Crippen LogP contribution in [0.25, 0.3) is 10.4 Å². The first-order valence-corrected chi connectivity index (χ1v) is 18.9. The number of anilines is 1. The zero-order valence-electron chi connectivity index (χ0n) is 29.4. The summed E-state index contributed by atoms with van der Waals surface area (Å²) in [5.74, 6) is -0.143. The molecule has 2 aliphatic carbocycles. The minimum atomic E-state index is -1.05. The van der Waals surface area contributed by atoms with Crippen LogP contribution in [0.5, 0.6) is 0 Å². The Morgan fingerprint density at radius 1 is 0.880 bits per heavy atom. The molecule has 11 heteroatoms. The Morgan fingerprint density at radius 3 is 2.42 bits per heavy atom. The predicted molar refractivity (Wildman–Crippen MR) is 195 cm³/mol. The number of hydrogen-bond donors (Lipinski definition) is 3. The van der Waals surface area contributed by atoms with Gasteiger partial charge in [0.2, 0.25) is 6.29 Å². The van der Waals surface area contributed by atoms with E-state index in [0.717, 1.165) is 61.0 Å². The van der Waals surface area contributed by atoms with E-state index in [2.05, 4.69) is 52.3 Å².